The number of halogens is 1. The Hall–Kier alpha value is -1.44. The Labute approximate surface area is 135 Å². The first kappa shape index (κ1) is 15.9. The standard InChI is InChI=1S/C14H15BrN2O3S/c1-17(2)10-5-3-9(4-6-10)14-16-11(13(15)21-14)7-20-8-12(18)19/h3-6H,7-8H2,1-2H3,(H,18,19). The minimum Gasteiger partial charge on any atom is -0.480 e. The molecule has 0 fully saturated rings. The van der Waals surface area contributed by atoms with Crippen LogP contribution < -0.4 is 4.90 Å². The number of rotatable bonds is 6. The highest BCUT2D eigenvalue weighted by atomic mass is 79.9. The quantitative estimate of drug-likeness (QED) is 0.845. The highest BCUT2D eigenvalue weighted by molar-refractivity contribution is 9.11. The number of ether oxygens (including phenoxy) is 1. The van der Waals surface area contributed by atoms with E-state index in [-0.39, 0.29) is 13.2 Å². The van der Waals surface area contributed by atoms with Crippen molar-refractivity contribution in [3.05, 3.63) is 33.7 Å². The minimum absolute atomic E-state index is 0.180. The molecule has 21 heavy (non-hydrogen) atoms. The summed E-state index contributed by atoms with van der Waals surface area (Å²) >= 11 is 4.94. The first-order valence-electron chi connectivity index (χ1n) is 6.20. The lowest BCUT2D eigenvalue weighted by Gasteiger charge is -2.11. The van der Waals surface area contributed by atoms with Crippen molar-refractivity contribution in [1.29, 1.82) is 0 Å². The maximum Gasteiger partial charge on any atom is 0.329 e. The molecule has 1 aromatic heterocycles. The van der Waals surface area contributed by atoms with Gasteiger partial charge < -0.3 is 14.7 Å². The van der Waals surface area contributed by atoms with Gasteiger partial charge in [0.15, 0.2) is 0 Å². The topological polar surface area (TPSA) is 62.7 Å². The molecule has 1 N–H and O–H groups in total. The molecule has 0 bridgehead atoms. The van der Waals surface area contributed by atoms with Crippen molar-refractivity contribution in [2.75, 3.05) is 25.6 Å². The van der Waals surface area contributed by atoms with Gasteiger partial charge in [0, 0.05) is 25.3 Å². The van der Waals surface area contributed by atoms with Crippen molar-refractivity contribution >= 4 is 38.9 Å². The number of anilines is 1. The van der Waals surface area contributed by atoms with E-state index >= 15 is 0 Å². The van der Waals surface area contributed by atoms with Crippen molar-refractivity contribution in [3.63, 3.8) is 0 Å². The molecule has 0 amide bonds. The highest BCUT2D eigenvalue weighted by Crippen LogP contribution is 2.33. The minimum atomic E-state index is -0.985. The number of carboxylic acids is 1. The van der Waals surface area contributed by atoms with Crippen LogP contribution in [0.25, 0.3) is 10.6 Å². The van der Waals surface area contributed by atoms with E-state index in [4.69, 9.17) is 9.84 Å². The molecular weight excluding hydrogens is 356 g/mol. The molecule has 0 spiro atoms. The van der Waals surface area contributed by atoms with E-state index in [1.165, 1.54) is 11.3 Å². The molecule has 2 aromatic rings. The Morgan fingerprint density at radius 3 is 2.62 bits per heavy atom. The molecule has 0 atom stereocenters. The molecule has 112 valence electrons. The number of aliphatic carboxylic acids is 1. The molecule has 0 aliphatic heterocycles. The van der Waals surface area contributed by atoms with Gasteiger partial charge in [0.25, 0.3) is 0 Å². The molecule has 0 unspecified atom stereocenters. The Morgan fingerprint density at radius 1 is 1.38 bits per heavy atom. The van der Waals surface area contributed by atoms with Gasteiger partial charge in [0.05, 0.1) is 16.1 Å². The predicted octanol–water partition coefficient (Wildman–Crippen LogP) is 3.24. The molecule has 1 heterocycles. The SMILES string of the molecule is CN(C)c1ccc(-c2nc(COCC(=O)O)c(Br)s2)cc1. The Balaban J connectivity index is 2.12. The summed E-state index contributed by atoms with van der Waals surface area (Å²) in [7, 11) is 3.99. The zero-order chi connectivity index (χ0) is 15.4. The van der Waals surface area contributed by atoms with Crippen molar-refractivity contribution in [3.8, 4) is 10.6 Å². The van der Waals surface area contributed by atoms with Gasteiger partial charge in [-0.25, -0.2) is 9.78 Å². The monoisotopic (exact) mass is 370 g/mol. The number of benzene rings is 1. The number of aromatic nitrogens is 1. The summed E-state index contributed by atoms with van der Waals surface area (Å²) in [5.74, 6) is -0.985. The van der Waals surface area contributed by atoms with Crippen LogP contribution in [0.3, 0.4) is 0 Å². The number of thiazole rings is 1. The van der Waals surface area contributed by atoms with Gasteiger partial charge in [0.2, 0.25) is 0 Å². The molecule has 1 aromatic carbocycles. The van der Waals surface area contributed by atoms with Gasteiger partial charge in [-0.05, 0) is 40.2 Å². The lowest BCUT2D eigenvalue weighted by atomic mass is 10.2. The van der Waals surface area contributed by atoms with Crippen molar-refractivity contribution in [1.82, 2.24) is 4.98 Å². The van der Waals surface area contributed by atoms with E-state index in [2.05, 4.69) is 20.9 Å². The fourth-order valence-electron chi connectivity index (χ4n) is 1.68. The highest BCUT2D eigenvalue weighted by Gasteiger charge is 2.11. The van der Waals surface area contributed by atoms with Gasteiger partial charge in [-0.15, -0.1) is 11.3 Å². The summed E-state index contributed by atoms with van der Waals surface area (Å²) in [5, 5.41) is 9.43. The fourth-order valence-corrected chi connectivity index (χ4v) is 3.15. The maximum absolute atomic E-state index is 10.4. The lowest BCUT2D eigenvalue weighted by Crippen LogP contribution is -2.07. The molecule has 5 nitrogen and oxygen atoms in total. The summed E-state index contributed by atoms with van der Waals surface area (Å²) in [5.41, 5.74) is 2.86. The van der Waals surface area contributed by atoms with Gasteiger partial charge in [-0.1, -0.05) is 0 Å². The summed E-state index contributed by atoms with van der Waals surface area (Å²) in [4.78, 5) is 17.0. The predicted molar refractivity (Wildman–Crippen MR) is 86.9 cm³/mol. The summed E-state index contributed by atoms with van der Waals surface area (Å²) in [6.07, 6.45) is 0. The maximum atomic E-state index is 10.4. The second kappa shape index (κ2) is 7.02. The van der Waals surface area contributed by atoms with E-state index in [1.807, 2.05) is 43.3 Å². The van der Waals surface area contributed by atoms with Crippen LogP contribution in [0.4, 0.5) is 5.69 Å². The van der Waals surface area contributed by atoms with Gasteiger partial charge in [-0.2, -0.15) is 0 Å². The van der Waals surface area contributed by atoms with E-state index < -0.39 is 5.97 Å². The molecule has 0 saturated heterocycles. The van der Waals surface area contributed by atoms with Crippen LogP contribution in [0, 0.1) is 0 Å². The van der Waals surface area contributed by atoms with Crippen LogP contribution in [0.1, 0.15) is 5.69 Å². The normalized spacial score (nSPS) is 10.6. The van der Waals surface area contributed by atoms with E-state index in [0.717, 1.165) is 20.0 Å². The molecule has 0 aliphatic rings. The third-order valence-corrected chi connectivity index (χ3v) is 4.62. The third kappa shape index (κ3) is 4.26. The first-order chi connectivity index (χ1) is 9.97. The van der Waals surface area contributed by atoms with Crippen molar-refractivity contribution in [2.45, 2.75) is 6.61 Å². The van der Waals surface area contributed by atoms with Crippen LogP contribution in [0.2, 0.25) is 0 Å². The van der Waals surface area contributed by atoms with Crippen LogP contribution in [-0.4, -0.2) is 36.8 Å². The van der Waals surface area contributed by atoms with E-state index in [9.17, 15) is 4.79 Å². The van der Waals surface area contributed by atoms with Crippen molar-refractivity contribution < 1.29 is 14.6 Å². The van der Waals surface area contributed by atoms with Crippen LogP contribution in [-0.2, 0) is 16.1 Å². The van der Waals surface area contributed by atoms with E-state index in [1.54, 1.807) is 0 Å². The van der Waals surface area contributed by atoms with Crippen molar-refractivity contribution in [2.24, 2.45) is 0 Å². The molecule has 0 saturated carbocycles. The van der Waals surface area contributed by atoms with E-state index in [0.29, 0.717) is 5.69 Å². The Morgan fingerprint density at radius 2 is 2.05 bits per heavy atom. The van der Waals surface area contributed by atoms with Gasteiger partial charge in [0.1, 0.15) is 11.6 Å². The number of carboxylic acid groups (broad SMARTS) is 1. The third-order valence-electron chi connectivity index (χ3n) is 2.74. The zero-order valence-corrected chi connectivity index (χ0v) is 14.1. The Bertz CT molecular complexity index is 626. The molecule has 2 rings (SSSR count). The summed E-state index contributed by atoms with van der Waals surface area (Å²) in [6, 6.07) is 8.10. The molecule has 0 radical (unpaired) electrons. The average Bonchev–Trinajstić information content (AvgIpc) is 2.80. The second-order valence-corrected chi connectivity index (χ2v) is 6.88. The number of hydrogen-bond donors (Lipinski definition) is 1. The summed E-state index contributed by atoms with van der Waals surface area (Å²) in [6.45, 7) is -0.143. The first-order valence-corrected chi connectivity index (χ1v) is 7.81. The number of hydrogen-bond acceptors (Lipinski definition) is 5. The largest absolute Gasteiger partial charge is 0.480 e. The van der Waals surface area contributed by atoms with Gasteiger partial charge in [-0.3, -0.25) is 0 Å². The van der Waals surface area contributed by atoms with Crippen LogP contribution >= 0.6 is 27.3 Å². The smallest absolute Gasteiger partial charge is 0.329 e. The van der Waals surface area contributed by atoms with Crippen LogP contribution in [0.5, 0.6) is 0 Å². The zero-order valence-electron chi connectivity index (χ0n) is 11.7. The number of carbonyl (C=O) groups is 1. The number of nitrogens with zero attached hydrogens (tertiary/aromatic N) is 2. The van der Waals surface area contributed by atoms with Gasteiger partial charge >= 0.3 is 5.97 Å². The molecule has 0 aliphatic carbocycles. The average molecular weight is 371 g/mol. The van der Waals surface area contributed by atoms with Crippen LogP contribution in [0.15, 0.2) is 28.1 Å². The Kier molecular flexibility index (Phi) is 5.33. The fraction of sp³-hybridized carbons (Fsp3) is 0.286. The molecular formula is C14H15BrN2O3S. The lowest BCUT2D eigenvalue weighted by molar-refractivity contribution is -0.142. The molecule has 7 heteroatoms. The second-order valence-electron chi connectivity index (χ2n) is 4.57. The summed E-state index contributed by atoms with van der Waals surface area (Å²) < 4.78 is 5.93.